The molecule has 0 fully saturated rings. The van der Waals surface area contributed by atoms with Gasteiger partial charge in [0.05, 0.1) is 7.11 Å². The summed E-state index contributed by atoms with van der Waals surface area (Å²) in [5.74, 6) is 0.617. The number of carbonyl (C=O) groups is 2. The highest BCUT2D eigenvalue weighted by Gasteiger charge is 2.21. The van der Waals surface area contributed by atoms with Gasteiger partial charge in [0.15, 0.2) is 5.78 Å². The number of benzene rings is 2. The van der Waals surface area contributed by atoms with Crippen molar-refractivity contribution in [2.45, 2.75) is 20.8 Å². The Morgan fingerprint density at radius 1 is 0.960 bits per heavy atom. The topological polar surface area (TPSA) is 55.4 Å². The van der Waals surface area contributed by atoms with E-state index in [-0.39, 0.29) is 11.7 Å². The molecule has 0 radical (unpaired) electrons. The first-order valence-corrected chi connectivity index (χ1v) is 8.07. The second-order valence-corrected chi connectivity index (χ2v) is 6.75. The van der Waals surface area contributed by atoms with Crippen LogP contribution in [0.15, 0.2) is 54.6 Å². The van der Waals surface area contributed by atoms with Crippen LogP contribution in [0, 0.1) is 5.41 Å². The molecule has 25 heavy (non-hydrogen) atoms. The fraction of sp³-hybridized carbons (Fsp3) is 0.238. The van der Waals surface area contributed by atoms with Crippen LogP contribution in [0.25, 0.3) is 6.08 Å². The van der Waals surface area contributed by atoms with E-state index in [0.29, 0.717) is 11.3 Å². The van der Waals surface area contributed by atoms with Crippen molar-refractivity contribution >= 4 is 23.5 Å². The van der Waals surface area contributed by atoms with Gasteiger partial charge in [-0.15, -0.1) is 0 Å². The molecular weight excluding hydrogens is 314 g/mol. The molecule has 0 spiro atoms. The largest absolute Gasteiger partial charge is 0.497 e. The highest BCUT2D eigenvalue weighted by Crippen LogP contribution is 2.18. The molecule has 130 valence electrons. The van der Waals surface area contributed by atoms with Gasteiger partial charge >= 0.3 is 0 Å². The number of amides is 1. The first-order valence-electron chi connectivity index (χ1n) is 8.07. The molecule has 0 bridgehead atoms. The third kappa shape index (κ3) is 5.31. The van der Waals surface area contributed by atoms with Crippen molar-refractivity contribution in [3.8, 4) is 5.75 Å². The fourth-order valence-corrected chi connectivity index (χ4v) is 2.02. The number of hydrogen-bond donors (Lipinski definition) is 1. The molecule has 2 rings (SSSR count). The first-order chi connectivity index (χ1) is 11.8. The molecule has 0 heterocycles. The second kappa shape index (κ2) is 7.79. The van der Waals surface area contributed by atoms with Gasteiger partial charge in [-0.1, -0.05) is 39.0 Å². The van der Waals surface area contributed by atoms with Crippen LogP contribution in [0.4, 0.5) is 5.69 Å². The Bertz CT molecular complexity index is 766. The molecule has 4 nitrogen and oxygen atoms in total. The third-order valence-electron chi connectivity index (χ3n) is 3.65. The number of hydrogen-bond acceptors (Lipinski definition) is 3. The Kier molecular flexibility index (Phi) is 5.75. The van der Waals surface area contributed by atoms with Gasteiger partial charge in [0.2, 0.25) is 5.91 Å². The average molecular weight is 337 g/mol. The normalized spacial score (nSPS) is 11.4. The van der Waals surface area contributed by atoms with Crippen LogP contribution in [0.5, 0.6) is 5.75 Å². The zero-order chi connectivity index (χ0) is 18.4. The quantitative estimate of drug-likeness (QED) is 0.642. The van der Waals surface area contributed by atoms with Gasteiger partial charge in [0, 0.05) is 16.7 Å². The SMILES string of the molecule is COc1ccc(/C=C/C(=O)c2ccc(NC(=O)C(C)(C)C)cc2)cc1. The summed E-state index contributed by atoms with van der Waals surface area (Å²) in [6, 6.07) is 14.3. The van der Waals surface area contributed by atoms with Crippen LogP contribution in [0.2, 0.25) is 0 Å². The van der Waals surface area contributed by atoms with Crippen LogP contribution >= 0.6 is 0 Å². The molecule has 1 N–H and O–H groups in total. The predicted octanol–water partition coefficient (Wildman–Crippen LogP) is 4.58. The van der Waals surface area contributed by atoms with E-state index in [1.807, 2.05) is 45.0 Å². The van der Waals surface area contributed by atoms with E-state index in [4.69, 9.17) is 4.74 Å². The van der Waals surface area contributed by atoms with E-state index >= 15 is 0 Å². The van der Waals surface area contributed by atoms with Gasteiger partial charge in [0.1, 0.15) is 5.75 Å². The van der Waals surface area contributed by atoms with Gasteiger partial charge in [-0.25, -0.2) is 0 Å². The fourth-order valence-electron chi connectivity index (χ4n) is 2.02. The minimum atomic E-state index is -0.463. The molecular formula is C21H23NO3. The highest BCUT2D eigenvalue weighted by molar-refractivity contribution is 6.07. The van der Waals surface area contributed by atoms with E-state index in [9.17, 15) is 9.59 Å². The van der Waals surface area contributed by atoms with E-state index in [0.717, 1.165) is 11.3 Å². The average Bonchev–Trinajstić information content (AvgIpc) is 2.60. The Morgan fingerprint density at radius 3 is 2.08 bits per heavy atom. The summed E-state index contributed by atoms with van der Waals surface area (Å²) in [4.78, 5) is 24.2. The Hall–Kier alpha value is -2.88. The summed E-state index contributed by atoms with van der Waals surface area (Å²) in [5.41, 5.74) is 1.70. The number of anilines is 1. The third-order valence-corrected chi connectivity index (χ3v) is 3.65. The minimum Gasteiger partial charge on any atom is -0.497 e. The van der Waals surface area contributed by atoms with Crippen LogP contribution < -0.4 is 10.1 Å². The summed E-state index contributed by atoms with van der Waals surface area (Å²) in [6.07, 6.45) is 3.29. The van der Waals surface area contributed by atoms with Gasteiger partial charge in [0.25, 0.3) is 0 Å². The Balaban J connectivity index is 2.02. The molecule has 1 amide bonds. The molecule has 2 aromatic carbocycles. The van der Waals surface area contributed by atoms with Crippen LogP contribution in [0.1, 0.15) is 36.7 Å². The van der Waals surface area contributed by atoms with E-state index in [1.165, 1.54) is 6.08 Å². The van der Waals surface area contributed by atoms with Crippen molar-refractivity contribution in [1.29, 1.82) is 0 Å². The number of ketones is 1. The first kappa shape index (κ1) is 18.5. The van der Waals surface area contributed by atoms with E-state index < -0.39 is 5.41 Å². The molecule has 4 heteroatoms. The monoisotopic (exact) mass is 337 g/mol. The van der Waals surface area contributed by atoms with Crippen molar-refractivity contribution in [1.82, 2.24) is 0 Å². The van der Waals surface area contributed by atoms with Crippen molar-refractivity contribution < 1.29 is 14.3 Å². The van der Waals surface area contributed by atoms with Crippen molar-refractivity contribution in [3.05, 3.63) is 65.7 Å². The zero-order valence-electron chi connectivity index (χ0n) is 15.0. The number of methoxy groups -OCH3 is 1. The lowest BCUT2D eigenvalue weighted by Gasteiger charge is -2.17. The van der Waals surface area contributed by atoms with Crippen LogP contribution in [-0.2, 0) is 4.79 Å². The molecule has 0 saturated heterocycles. The maximum Gasteiger partial charge on any atom is 0.229 e. The minimum absolute atomic E-state index is 0.0639. The van der Waals surface area contributed by atoms with Crippen molar-refractivity contribution in [2.24, 2.45) is 5.41 Å². The molecule has 0 atom stereocenters. The number of nitrogens with one attached hydrogen (secondary N) is 1. The van der Waals surface area contributed by atoms with Crippen LogP contribution in [-0.4, -0.2) is 18.8 Å². The van der Waals surface area contributed by atoms with Gasteiger partial charge in [-0.2, -0.15) is 0 Å². The lowest BCUT2D eigenvalue weighted by molar-refractivity contribution is -0.123. The number of carbonyl (C=O) groups excluding carboxylic acids is 2. The van der Waals surface area contributed by atoms with E-state index in [2.05, 4.69) is 5.32 Å². The second-order valence-electron chi connectivity index (χ2n) is 6.75. The van der Waals surface area contributed by atoms with Gasteiger partial charge in [-0.3, -0.25) is 9.59 Å². The lowest BCUT2D eigenvalue weighted by Crippen LogP contribution is -2.27. The molecule has 0 aromatic heterocycles. The summed E-state index contributed by atoms with van der Waals surface area (Å²) >= 11 is 0. The highest BCUT2D eigenvalue weighted by atomic mass is 16.5. The van der Waals surface area contributed by atoms with Gasteiger partial charge in [-0.05, 0) is 48.0 Å². The van der Waals surface area contributed by atoms with Crippen LogP contribution in [0.3, 0.4) is 0 Å². The van der Waals surface area contributed by atoms with Crippen molar-refractivity contribution in [2.75, 3.05) is 12.4 Å². The smallest absolute Gasteiger partial charge is 0.229 e. The molecule has 0 unspecified atom stereocenters. The summed E-state index contributed by atoms with van der Waals surface area (Å²) in [7, 11) is 1.61. The maximum atomic E-state index is 12.2. The summed E-state index contributed by atoms with van der Waals surface area (Å²) < 4.78 is 5.10. The molecule has 0 aliphatic carbocycles. The van der Waals surface area contributed by atoms with Gasteiger partial charge < -0.3 is 10.1 Å². The lowest BCUT2D eigenvalue weighted by atomic mass is 9.95. The molecule has 0 saturated carbocycles. The maximum absolute atomic E-state index is 12.2. The molecule has 0 aliphatic heterocycles. The number of rotatable bonds is 5. The number of allylic oxidation sites excluding steroid dienone is 1. The Morgan fingerprint density at radius 2 is 1.56 bits per heavy atom. The predicted molar refractivity (Wildman–Crippen MR) is 101 cm³/mol. The summed E-state index contributed by atoms with van der Waals surface area (Å²) in [5, 5.41) is 2.84. The van der Waals surface area contributed by atoms with Crippen molar-refractivity contribution in [3.63, 3.8) is 0 Å². The zero-order valence-corrected chi connectivity index (χ0v) is 15.0. The number of ether oxygens (including phenoxy) is 1. The molecule has 0 aliphatic rings. The standard InChI is InChI=1S/C21H23NO3/c1-21(2,3)20(24)22-17-10-8-16(9-11-17)19(23)14-7-15-5-12-18(25-4)13-6-15/h5-14H,1-4H3,(H,22,24)/b14-7+. The van der Waals surface area contributed by atoms with E-state index in [1.54, 1.807) is 37.5 Å². The summed E-state index contributed by atoms with van der Waals surface area (Å²) in [6.45, 7) is 5.55. The molecule has 2 aromatic rings. The Labute approximate surface area is 148 Å².